The summed E-state index contributed by atoms with van der Waals surface area (Å²) in [6.45, 7) is 2.73. The van der Waals surface area contributed by atoms with Gasteiger partial charge in [-0.15, -0.1) is 0 Å². The molecule has 0 unspecified atom stereocenters. The molecule has 5 aromatic rings. The van der Waals surface area contributed by atoms with E-state index in [0.717, 1.165) is 26.9 Å². The Labute approximate surface area is 248 Å². The number of hydrazone groups is 1. The summed E-state index contributed by atoms with van der Waals surface area (Å²) in [5.74, 6) is 0.289. The van der Waals surface area contributed by atoms with Gasteiger partial charge in [-0.2, -0.15) is 14.4 Å². The number of sulfonamides is 1. The fraction of sp³-hybridized carbons (Fsp3) is 0.156. The number of carbonyl (C=O) groups is 1. The van der Waals surface area contributed by atoms with Crippen molar-refractivity contribution in [1.82, 2.24) is 9.29 Å². The molecule has 8 nitrogen and oxygen atoms in total. The van der Waals surface area contributed by atoms with Gasteiger partial charge in [0.1, 0.15) is 5.75 Å². The number of amides is 1. The number of anilines is 1. The van der Waals surface area contributed by atoms with Crippen LogP contribution in [-0.2, 0) is 23.0 Å². The third kappa shape index (κ3) is 5.56. The Morgan fingerprint density at radius 1 is 1.00 bits per heavy atom. The average molecular weight is 597 g/mol. The number of rotatable bonds is 7. The number of hydrogen-bond donors (Lipinski definition) is 0. The van der Waals surface area contributed by atoms with Crippen molar-refractivity contribution in [2.75, 3.05) is 18.7 Å². The van der Waals surface area contributed by atoms with Gasteiger partial charge in [-0.1, -0.05) is 41.7 Å². The van der Waals surface area contributed by atoms with Gasteiger partial charge in [-0.3, -0.25) is 4.79 Å². The summed E-state index contributed by atoms with van der Waals surface area (Å²) in [5.41, 5.74) is 5.10. The van der Waals surface area contributed by atoms with Crippen LogP contribution in [0.15, 0.2) is 101 Å². The van der Waals surface area contributed by atoms with Gasteiger partial charge in [0, 0.05) is 18.7 Å². The molecule has 0 atom stereocenters. The van der Waals surface area contributed by atoms with Gasteiger partial charge in [0.2, 0.25) is 15.2 Å². The quantitative estimate of drug-likeness (QED) is 0.169. The molecule has 10 heteroatoms. The van der Waals surface area contributed by atoms with Crippen LogP contribution in [0, 0.1) is 6.92 Å². The van der Waals surface area contributed by atoms with Crippen molar-refractivity contribution in [1.29, 1.82) is 0 Å². The standard InChI is InChI=1S/C32H28N4O4S2/c1-22-7-16-29-30(19-22)41-32(34-29)36(33-20-23-8-12-27(40-2)13-9-23)31(37)25-10-14-28(15-11-25)42(38,39)35-18-17-24-5-3-4-6-26(24)21-35/h3-16,19-20H,17-18,21H2,1-2H3/b33-20+. The number of aromatic nitrogens is 1. The summed E-state index contributed by atoms with van der Waals surface area (Å²) in [5, 5.41) is 6.19. The van der Waals surface area contributed by atoms with Crippen LogP contribution >= 0.6 is 11.3 Å². The summed E-state index contributed by atoms with van der Waals surface area (Å²) in [6.07, 6.45) is 2.25. The molecule has 1 aromatic heterocycles. The number of hydrogen-bond acceptors (Lipinski definition) is 7. The second-order valence-electron chi connectivity index (χ2n) is 9.98. The maximum atomic E-state index is 13.8. The Bertz CT molecular complexity index is 1900. The predicted octanol–water partition coefficient (Wildman–Crippen LogP) is 6.04. The first-order chi connectivity index (χ1) is 20.3. The zero-order chi connectivity index (χ0) is 29.3. The Kier molecular flexibility index (Phi) is 7.59. The highest BCUT2D eigenvalue weighted by atomic mass is 32.2. The summed E-state index contributed by atoms with van der Waals surface area (Å²) < 4.78 is 34.6. The molecule has 0 fully saturated rings. The first kappa shape index (κ1) is 27.8. The maximum Gasteiger partial charge on any atom is 0.280 e. The van der Waals surface area contributed by atoms with Crippen molar-refractivity contribution in [2.45, 2.75) is 24.8 Å². The van der Waals surface area contributed by atoms with E-state index in [9.17, 15) is 13.2 Å². The number of benzene rings is 4. The molecule has 1 aliphatic heterocycles. The van der Waals surface area contributed by atoms with Gasteiger partial charge in [0.05, 0.1) is 28.4 Å². The molecule has 0 N–H and O–H groups in total. The largest absolute Gasteiger partial charge is 0.497 e. The molecule has 1 amide bonds. The molecule has 4 aromatic carbocycles. The predicted molar refractivity (Wildman–Crippen MR) is 166 cm³/mol. The third-order valence-electron chi connectivity index (χ3n) is 7.18. The van der Waals surface area contributed by atoms with Crippen molar-refractivity contribution in [3.63, 3.8) is 0 Å². The van der Waals surface area contributed by atoms with E-state index in [1.165, 1.54) is 50.5 Å². The van der Waals surface area contributed by atoms with Crippen LogP contribution in [0.25, 0.3) is 10.2 Å². The molecule has 212 valence electrons. The van der Waals surface area contributed by atoms with E-state index in [2.05, 4.69) is 10.1 Å². The van der Waals surface area contributed by atoms with Crippen molar-refractivity contribution >= 4 is 48.8 Å². The molecule has 0 bridgehead atoms. The Morgan fingerprint density at radius 2 is 1.74 bits per heavy atom. The minimum Gasteiger partial charge on any atom is -0.497 e. The summed E-state index contributed by atoms with van der Waals surface area (Å²) in [4.78, 5) is 18.6. The second kappa shape index (κ2) is 11.5. The first-order valence-electron chi connectivity index (χ1n) is 13.4. The highest BCUT2D eigenvalue weighted by Gasteiger charge is 2.29. The van der Waals surface area contributed by atoms with Crippen LogP contribution in [0.5, 0.6) is 5.75 Å². The SMILES string of the molecule is COc1ccc(/C=N/N(C(=O)c2ccc(S(=O)(=O)N3CCc4ccccc4C3)cc2)c2nc3ccc(C)cc3s2)cc1. The second-order valence-corrected chi connectivity index (χ2v) is 12.9. The van der Waals surface area contributed by atoms with Crippen LogP contribution in [-0.4, -0.2) is 43.5 Å². The van der Waals surface area contributed by atoms with Crippen LogP contribution in [0.1, 0.15) is 32.6 Å². The average Bonchev–Trinajstić information content (AvgIpc) is 3.44. The molecule has 6 rings (SSSR count). The van der Waals surface area contributed by atoms with Gasteiger partial charge in [0.25, 0.3) is 5.91 Å². The van der Waals surface area contributed by atoms with Gasteiger partial charge in [0.15, 0.2) is 0 Å². The zero-order valence-corrected chi connectivity index (χ0v) is 24.7. The third-order valence-corrected chi connectivity index (χ3v) is 10.0. The van der Waals surface area contributed by atoms with Crippen LogP contribution < -0.4 is 9.75 Å². The first-order valence-corrected chi connectivity index (χ1v) is 15.6. The molecule has 0 radical (unpaired) electrons. The fourth-order valence-corrected chi connectivity index (χ4v) is 7.27. The van der Waals surface area contributed by atoms with Crippen molar-refractivity contribution in [3.05, 3.63) is 119 Å². The molecule has 0 saturated carbocycles. The molecule has 1 aliphatic rings. The van der Waals surface area contributed by atoms with Crippen LogP contribution in [0.4, 0.5) is 5.13 Å². The van der Waals surface area contributed by atoms with E-state index >= 15 is 0 Å². The molecule has 2 heterocycles. The fourth-order valence-electron chi connectivity index (χ4n) is 4.83. The highest BCUT2D eigenvalue weighted by Crippen LogP contribution is 2.31. The number of aryl methyl sites for hydroxylation is 1. The number of carbonyl (C=O) groups excluding carboxylic acids is 1. The van der Waals surface area contributed by atoms with Crippen molar-refractivity contribution in [2.24, 2.45) is 5.10 Å². The van der Waals surface area contributed by atoms with Crippen LogP contribution in [0.2, 0.25) is 0 Å². The lowest BCUT2D eigenvalue weighted by molar-refractivity contribution is 0.0987. The minimum atomic E-state index is -3.73. The normalized spacial score (nSPS) is 13.8. The highest BCUT2D eigenvalue weighted by molar-refractivity contribution is 7.89. The van der Waals surface area contributed by atoms with E-state index < -0.39 is 15.9 Å². The van der Waals surface area contributed by atoms with E-state index in [-0.39, 0.29) is 4.90 Å². The summed E-state index contributed by atoms with van der Waals surface area (Å²) in [7, 11) is -2.14. The Morgan fingerprint density at radius 3 is 2.48 bits per heavy atom. The molecular formula is C32H28N4O4S2. The monoisotopic (exact) mass is 596 g/mol. The number of methoxy groups -OCH3 is 1. The van der Waals surface area contributed by atoms with Crippen molar-refractivity contribution in [3.8, 4) is 5.75 Å². The van der Waals surface area contributed by atoms with E-state index in [0.29, 0.717) is 36.0 Å². The maximum absolute atomic E-state index is 13.8. The molecule has 42 heavy (non-hydrogen) atoms. The minimum absolute atomic E-state index is 0.141. The van der Waals surface area contributed by atoms with E-state index in [4.69, 9.17) is 4.74 Å². The van der Waals surface area contributed by atoms with Gasteiger partial charge in [-0.05, 0) is 96.3 Å². The van der Waals surface area contributed by atoms with Crippen LogP contribution in [0.3, 0.4) is 0 Å². The van der Waals surface area contributed by atoms with E-state index in [1.807, 2.05) is 73.7 Å². The molecule has 0 saturated heterocycles. The lowest BCUT2D eigenvalue weighted by Crippen LogP contribution is -2.36. The van der Waals surface area contributed by atoms with Gasteiger partial charge in [-0.25, -0.2) is 13.4 Å². The van der Waals surface area contributed by atoms with Crippen molar-refractivity contribution < 1.29 is 17.9 Å². The van der Waals surface area contributed by atoms with Gasteiger partial charge < -0.3 is 4.74 Å². The lowest BCUT2D eigenvalue weighted by Gasteiger charge is -2.28. The summed E-state index contributed by atoms with van der Waals surface area (Å²) in [6, 6.07) is 27.1. The smallest absolute Gasteiger partial charge is 0.280 e. The Hall–Kier alpha value is -4.38. The molecule has 0 aliphatic carbocycles. The number of ether oxygens (including phenoxy) is 1. The topological polar surface area (TPSA) is 92.2 Å². The molecular weight excluding hydrogens is 569 g/mol. The Balaban J connectivity index is 1.29. The number of thiazole rings is 1. The lowest BCUT2D eigenvalue weighted by atomic mass is 10.0. The summed E-state index contributed by atoms with van der Waals surface area (Å²) >= 11 is 1.36. The van der Waals surface area contributed by atoms with Gasteiger partial charge >= 0.3 is 0 Å². The number of nitrogens with zero attached hydrogens (tertiary/aromatic N) is 4. The zero-order valence-electron chi connectivity index (χ0n) is 23.1. The van der Waals surface area contributed by atoms with E-state index in [1.54, 1.807) is 13.3 Å². The molecule has 0 spiro atoms. The number of fused-ring (bicyclic) bond motifs is 2.